The van der Waals surface area contributed by atoms with E-state index in [2.05, 4.69) is 24.4 Å². The summed E-state index contributed by atoms with van der Waals surface area (Å²) in [6.07, 6.45) is 0.897. The van der Waals surface area contributed by atoms with E-state index < -0.39 is 0 Å². The summed E-state index contributed by atoms with van der Waals surface area (Å²) in [4.78, 5) is 14.4. The molecule has 1 N–H and O–H groups in total. The summed E-state index contributed by atoms with van der Waals surface area (Å²) in [6, 6.07) is 18.2. The van der Waals surface area contributed by atoms with Crippen molar-refractivity contribution in [2.75, 3.05) is 7.11 Å². The van der Waals surface area contributed by atoms with Crippen molar-refractivity contribution >= 4 is 6.03 Å². The van der Waals surface area contributed by atoms with Crippen molar-refractivity contribution in [2.24, 2.45) is 0 Å². The minimum absolute atomic E-state index is 0.0170. The number of para-hydroxylation sites is 1. The molecule has 0 saturated carbocycles. The molecule has 0 aliphatic carbocycles. The van der Waals surface area contributed by atoms with E-state index in [1.807, 2.05) is 47.4 Å². The molecule has 0 aromatic heterocycles. The van der Waals surface area contributed by atoms with E-state index >= 15 is 0 Å². The van der Waals surface area contributed by atoms with Gasteiger partial charge < -0.3 is 15.0 Å². The van der Waals surface area contributed by atoms with Crippen LogP contribution in [0.4, 0.5) is 4.79 Å². The molecule has 2 aromatic rings. The van der Waals surface area contributed by atoms with E-state index in [0.717, 1.165) is 23.3 Å². The van der Waals surface area contributed by atoms with Crippen molar-refractivity contribution in [3.8, 4) is 5.75 Å². The van der Waals surface area contributed by atoms with Gasteiger partial charge in [0.2, 0.25) is 0 Å². The molecule has 2 amide bonds. The number of benzene rings is 2. The van der Waals surface area contributed by atoms with Crippen LogP contribution in [-0.2, 0) is 6.54 Å². The highest BCUT2D eigenvalue weighted by Crippen LogP contribution is 2.33. The van der Waals surface area contributed by atoms with Gasteiger partial charge in [-0.3, -0.25) is 0 Å². The molecule has 0 radical (unpaired) electrons. The third kappa shape index (κ3) is 3.02. The molecule has 120 valence electrons. The standard InChI is InChI=1S/C19H22N2O2/c1-3-16-18(14-9-5-4-6-10-14)21(19(22)20-16)13-15-11-7-8-12-17(15)23-2/h4-12,16,18H,3,13H2,1-2H3,(H,20,22)/t16-,18-/m0/s1. The summed E-state index contributed by atoms with van der Waals surface area (Å²) in [6.45, 7) is 2.64. The van der Waals surface area contributed by atoms with Gasteiger partial charge in [0.15, 0.2) is 0 Å². The molecule has 3 rings (SSSR count). The van der Waals surface area contributed by atoms with Gasteiger partial charge in [-0.2, -0.15) is 0 Å². The van der Waals surface area contributed by atoms with Gasteiger partial charge in [0.1, 0.15) is 5.75 Å². The Labute approximate surface area is 137 Å². The maximum absolute atomic E-state index is 12.5. The van der Waals surface area contributed by atoms with E-state index in [9.17, 15) is 4.79 Å². The molecule has 4 nitrogen and oxygen atoms in total. The Kier molecular flexibility index (Phi) is 4.51. The first-order valence-corrected chi connectivity index (χ1v) is 7.98. The van der Waals surface area contributed by atoms with Gasteiger partial charge >= 0.3 is 6.03 Å². The number of carbonyl (C=O) groups excluding carboxylic acids is 1. The predicted molar refractivity (Wildman–Crippen MR) is 90.3 cm³/mol. The molecule has 2 aromatic carbocycles. The smallest absolute Gasteiger partial charge is 0.318 e. The van der Waals surface area contributed by atoms with Crippen LogP contribution >= 0.6 is 0 Å². The summed E-state index contributed by atoms with van der Waals surface area (Å²) in [7, 11) is 1.66. The van der Waals surface area contributed by atoms with Gasteiger partial charge in [0.25, 0.3) is 0 Å². The average molecular weight is 310 g/mol. The van der Waals surface area contributed by atoms with Crippen LogP contribution in [-0.4, -0.2) is 24.1 Å². The normalized spacial score (nSPS) is 20.4. The van der Waals surface area contributed by atoms with Gasteiger partial charge in [-0.15, -0.1) is 0 Å². The molecule has 4 heteroatoms. The van der Waals surface area contributed by atoms with Crippen LogP contribution in [0.1, 0.15) is 30.5 Å². The van der Waals surface area contributed by atoms with Gasteiger partial charge in [-0.05, 0) is 18.1 Å². The predicted octanol–water partition coefficient (Wildman–Crippen LogP) is 3.74. The second-order valence-electron chi connectivity index (χ2n) is 5.76. The van der Waals surface area contributed by atoms with Crippen molar-refractivity contribution < 1.29 is 9.53 Å². The highest BCUT2D eigenvalue weighted by atomic mass is 16.5. The lowest BCUT2D eigenvalue weighted by molar-refractivity contribution is 0.197. The number of rotatable bonds is 5. The molecule has 0 unspecified atom stereocenters. The molecular weight excluding hydrogens is 288 g/mol. The van der Waals surface area contributed by atoms with E-state index in [1.165, 1.54) is 0 Å². The SMILES string of the molecule is CC[C@@H]1NC(=O)N(Cc2ccccc2OC)[C@H]1c1ccccc1. The van der Waals surface area contributed by atoms with Crippen LogP contribution in [0.15, 0.2) is 54.6 Å². The van der Waals surface area contributed by atoms with Gasteiger partial charge in [0.05, 0.1) is 25.7 Å². The zero-order valence-corrected chi connectivity index (χ0v) is 13.5. The first-order valence-electron chi connectivity index (χ1n) is 7.98. The maximum atomic E-state index is 12.5. The van der Waals surface area contributed by atoms with Crippen molar-refractivity contribution in [2.45, 2.75) is 32.0 Å². The lowest BCUT2D eigenvalue weighted by Gasteiger charge is -2.27. The van der Waals surface area contributed by atoms with Crippen molar-refractivity contribution in [3.63, 3.8) is 0 Å². The van der Waals surface area contributed by atoms with Crippen molar-refractivity contribution in [1.29, 1.82) is 0 Å². The maximum Gasteiger partial charge on any atom is 0.318 e. The number of hydrogen-bond donors (Lipinski definition) is 1. The van der Waals surface area contributed by atoms with Crippen LogP contribution in [0.5, 0.6) is 5.75 Å². The Morgan fingerprint density at radius 1 is 1.09 bits per heavy atom. The third-order valence-electron chi connectivity index (χ3n) is 4.40. The first-order chi connectivity index (χ1) is 11.2. The second-order valence-corrected chi connectivity index (χ2v) is 5.76. The molecule has 23 heavy (non-hydrogen) atoms. The van der Waals surface area contributed by atoms with Gasteiger partial charge in [-0.1, -0.05) is 55.5 Å². The van der Waals surface area contributed by atoms with E-state index in [0.29, 0.717) is 6.54 Å². The largest absolute Gasteiger partial charge is 0.496 e. The molecule has 1 aliphatic heterocycles. The van der Waals surface area contributed by atoms with Crippen LogP contribution in [0.3, 0.4) is 0 Å². The zero-order valence-electron chi connectivity index (χ0n) is 13.5. The second kappa shape index (κ2) is 6.73. The summed E-state index contributed by atoms with van der Waals surface area (Å²) in [5.74, 6) is 0.812. The highest BCUT2D eigenvalue weighted by Gasteiger charge is 2.39. The Balaban J connectivity index is 1.93. The Morgan fingerprint density at radius 2 is 1.78 bits per heavy atom. The summed E-state index contributed by atoms with van der Waals surface area (Å²) >= 11 is 0. The molecule has 1 aliphatic rings. The summed E-state index contributed by atoms with van der Waals surface area (Å²) < 4.78 is 5.43. The zero-order chi connectivity index (χ0) is 16.2. The van der Waals surface area contributed by atoms with Crippen LogP contribution < -0.4 is 10.1 Å². The fraction of sp³-hybridized carbons (Fsp3) is 0.316. The molecular formula is C19H22N2O2. The van der Waals surface area contributed by atoms with E-state index in [1.54, 1.807) is 7.11 Å². The average Bonchev–Trinajstić information content (AvgIpc) is 2.92. The highest BCUT2D eigenvalue weighted by molar-refractivity contribution is 5.78. The number of ether oxygens (including phenoxy) is 1. The molecule has 0 bridgehead atoms. The van der Waals surface area contributed by atoms with Gasteiger partial charge in [-0.25, -0.2) is 4.79 Å². The Morgan fingerprint density at radius 3 is 2.48 bits per heavy atom. The van der Waals surface area contributed by atoms with Crippen molar-refractivity contribution in [1.82, 2.24) is 10.2 Å². The Hall–Kier alpha value is -2.49. The molecule has 1 heterocycles. The van der Waals surface area contributed by atoms with Crippen molar-refractivity contribution in [3.05, 3.63) is 65.7 Å². The lowest BCUT2D eigenvalue weighted by atomic mass is 9.97. The van der Waals surface area contributed by atoms with E-state index in [4.69, 9.17) is 4.74 Å². The first kappa shape index (κ1) is 15.4. The van der Waals surface area contributed by atoms with Crippen LogP contribution in [0.2, 0.25) is 0 Å². The number of amides is 2. The van der Waals surface area contributed by atoms with Crippen LogP contribution in [0.25, 0.3) is 0 Å². The number of methoxy groups -OCH3 is 1. The monoisotopic (exact) mass is 310 g/mol. The number of urea groups is 1. The molecule has 1 saturated heterocycles. The topological polar surface area (TPSA) is 41.6 Å². The molecule has 0 spiro atoms. The number of nitrogens with one attached hydrogen (secondary N) is 1. The summed E-state index contributed by atoms with van der Waals surface area (Å²) in [5, 5.41) is 3.11. The van der Waals surface area contributed by atoms with Gasteiger partial charge in [0, 0.05) is 5.56 Å². The third-order valence-corrected chi connectivity index (χ3v) is 4.40. The summed E-state index contributed by atoms with van der Waals surface area (Å²) in [5.41, 5.74) is 2.18. The quantitative estimate of drug-likeness (QED) is 0.914. The number of carbonyl (C=O) groups is 1. The number of hydrogen-bond acceptors (Lipinski definition) is 2. The molecule has 2 atom stereocenters. The fourth-order valence-corrected chi connectivity index (χ4v) is 3.24. The number of nitrogens with zero attached hydrogens (tertiary/aromatic N) is 1. The molecule has 1 fully saturated rings. The Bertz CT molecular complexity index is 672. The van der Waals surface area contributed by atoms with Crippen LogP contribution in [0, 0.1) is 0 Å². The lowest BCUT2D eigenvalue weighted by Crippen LogP contribution is -2.29. The minimum Gasteiger partial charge on any atom is -0.496 e. The fourth-order valence-electron chi connectivity index (χ4n) is 3.24. The minimum atomic E-state index is -0.0170. The van der Waals surface area contributed by atoms with E-state index in [-0.39, 0.29) is 18.1 Å².